The molecule has 0 bridgehead atoms. The van der Waals surface area contributed by atoms with Crippen LogP contribution in [-0.4, -0.2) is 92.3 Å². The van der Waals surface area contributed by atoms with Gasteiger partial charge in [0.2, 0.25) is 5.78 Å². The lowest BCUT2D eigenvalue weighted by molar-refractivity contribution is -0.153. The van der Waals surface area contributed by atoms with Crippen LogP contribution in [0.25, 0.3) is 5.76 Å². The summed E-state index contributed by atoms with van der Waals surface area (Å²) in [7, 11) is -1.60. The molecule has 1 aromatic rings. The molecule has 15 heteroatoms. The molecule has 0 saturated heterocycles. The molecule has 0 aromatic heterocycles. The second-order valence-electron chi connectivity index (χ2n) is 9.06. The molecule has 1 fully saturated rings. The van der Waals surface area contributed by atoms with Crippen molar-refractivity contribution in [2.45, 2.75) is 24.5 Å². The molecule has 0 unspecified atom stereocenters. The first kappa shape index (κ1) is 27.9. The van der Waals surface area contributed by atoms with E-state index in [1.165, 1.54) is 25.1 Å². The lowest BCUT2D eigenvalue weighted by Gasteiger charge is -2.50. The van der Waals surface area contributed by atoms with Gasteiger partial charge in [0.1, 0.15) is 22.8 Å². The van der Waals surface area contributed by atoms with Crippen LogP contribution >= 0.6 is 0 Å². The Hall–Kier alpha value is -3.63. The largest absolute Gasteiger partial charge is 0.508 e. The average molecular weight is 541 g/mol. The number of Topliss-reactive ketones (excluding diaryl/α,β-unsaturated/α-hetero) is 2. The second kappa shape index (κ2) is 9.35. The van der Waals surface area contributed by atoms with Gasteiger partial charge in [-0.25, -0.2) is 0 Å². The summed E-state index contributed by atoms with van der Waals surface area (Å²) in [6.45, 7) is 0. The number of phenolic OH excluding ortho intramolecular Hbond substituents is 1. The number of fused-ring (bicyclic) bond motifs is 3. The van der Waals surface area contributed by atoms with Gasteiger partial charge in [0.25, 0.3) is 5.91 Å². The molecule has 37 heavy (non-hydrogen) atoms. The molecule has 4 atom stereocenters. The number of hydrogen-bond donors (Lipinski definition) is 7. The summed E-state index contributed by atoms with van der Waals surface area (Å²) in [5, 5.41) is 43.5. The number of amides is 1. The molecule has 8 N–H and O–H groups in total. The number of aliphatic hydroxyl groups is 3. The van der Waals surface area contributed by atoms with Crippen molar-refractivity contribution in [2.75, 3.05) is 14.1 Å². The summed E-state index contributed by atoms with van der Waals surface area (Å²) in [5.74, 6) is -7.21. The number of primary amides is 1. The van der Waals surface area contributed by atoms with E-state index in [2.05, 4.69) is 0 Å². The monoisotopic (exact) mass is 540 g/mol. The van der Waals surface area contributed by atoms with Gasteiger partial charge in [-0.15, -0.1) is 0 Å². The standard InChI is InChI=1S/C22H22N2O8.H2O4S/c1-24(2)15-11-6-10-5-8-3-4-9(7-25)16(26)12(8)17(27)13(10)19(29)22(11,32)20(30)14(18(15)28)21(23)31;1-5(2,3)4/h3-4,7,10-11,15,26-27,30,32H,5-6H2,1-2H3,(H2,23,31);(H2,1,2,3,4)/t10-,11-,15-,22-;/m0./s1. The molecule has 1 saturated carbocycles. The lowest BCUT2D eigenvalue weighted by Crippen LogP contribution is -2.65. The van der Waals surface area contributed by atoms with Crippen molar-refractivity contribution in [3.05, 3.63) is 45.7 Å². The topological polar surface area (TPSA) is 253 Å². The van der Waals surface area contributed by atoms with E-state index in [1.807, 2.05) is 0 Å². The highest BCUT2D eigenvalue weighted by atomic mass is 32.3. The van der Waals surface area contributed by atoms with Gasteiger partial charge in [-0.2, -0.15) is 8.42 Å². The minimum absolute atomic E-state index is 0.0158. The van der Waals surface area contributed by atoms with Crippen LogP contribution < -0.4 is 5.73 Å². The van der Waals surface area contributed by atoms with Crippen molar-refractivity contribution in [3.8, 4) is 5.75 Å². The molecule has 3 aliphatic rings. The van der Waals surface area contributed by atoms with E-state index in [0.717, 1.165) is 0 Å². The van der Waals surface area contributed by atoms with Crippen LogP contribution in [0.4, 0.5) is 0 Å². The molecule has 0 radical (unpaired) electrons. The number of nitrogens with two attached hydrogens (primary N) is 1. The Balaban J connectivity index is 0.000000695. The zero-order chi connectivity index (χ0) is 28.2. The predicted octanol–water partition coefficient (Wildman–Crippen LogP) is -0.876. The number of ketones is 2. The fraction of sp³-hybridized carbons (Fsp3) is 0.364. The number of rotatable bonds is 3. The molecule has 1 aromatic carbocycles. The van der Waals surface area contributed by atoms with Gasteiger partial charge in [0.05, 0.1) is 17.2 Å². The molecule has 1 amide bonds. The van der Waals surface area contributed by atoms with E-state index >= 15 is 0 Å². The smallest absolute Gasteiger partial charge is 0.394 e. The zero-order valence-electron chi connectivity index (χ0n) is 19.4. The number of aliphatic hydroxyl groups excluding tert-OH is 2. The van der Waals surface area contributed by atoms with Gasteiger partial charge in [0, 0.05) is 11.5 Å². The quantitative estimate of drug-likeness (QED) is 0.140. The van der Waals surface area contributed by atoms with Crippen LogP contribution in [0.2, 0.25) is 0 Å². The van der Waals surface area contributed by atoms with E-state index in [-0.39, 0.29) is 29.5 Å². The van der Waals surface area contributed by atoms with Gasteiger partial charge >= 0.3 is 10.4 Å². The van der Waals surface area contributed by atoms with E-state index in [0.29, 0.717) is 11.8 Å². The summed E-state index contributed by atoms with van der Waals surface area (Å²) in [4.78, 5) is 51.1. The van der Waals surface area contributed by atoms with Crippen molar-refractivity contribution < 1.29 is 57.1 Å². The van der Waals surface area contributed by atoms with Crippen molar-refractivity contribution in [2.24, 2.45) is 17.6 Å². The third-order valence-electron chi connectivity index (χ3n) is 6.75. The molecule has 3 aliphatic carbocycles. The molecule has 0 heterocycles. The first-order valence-corrected chi connectivity index (χ1v) is 12.0. The summed E-state index contributed by atoms with van der Waals surface area (Å²) in [6, 6.07) is 1.81. The summed E-state index contributed by atoms with van der Waals surface area (Å²) < 4.78 is 31.6. The summed E-state index contributed by atoms with van der Waals surface area (Å²) in [6.07, 6.45) is 0.594. The Morgan fingerprint density at radius 2 is 1.73 bits per heavy atom. The van der Waals surface area contributed by atoms with Crippen LogP contribution in [0.1, 0.15) is 27.9 Å². The second-order valence-corrected chi connectivity index (χ2v) is 9.96. The highest BCUT2D eigenvalue weighted by Crippen LogP contribution is 2.52. The fourth-order valence-electron chi connectivity index (χ4n) is 5.33. The fourth-order valence-corrected chi connectivity index (χ4v) is 5.33. The molecule has 0 aliphatic heterocycles. The number of aromatic hydroxyl groups is 1. The number of carbonyl (C=O) groups excluding carboxylic acids is 4. The van der Waals surface area contributed by atoms with E-state index < -0.39 is 74.2 Å². The van der Waals surface area contributed by atoms with Gasteiger partial charge in [0.15, 0.2) is 17.7 Å². The Morgan fingerprint density at radius 3 is 2.22 bits per heavy atom. The maximum Gasteiger partial charge on any atom is 0.394 e. The number of likely N-dealkylation sites (N-methyl/N-ethyl adjacent to an activating group) is 1. The minimum Gasteiger partial charge on any atom is -0.508 e. The molecule has 14 nitrogen and oxygen atoms in total. The number of aldehydes is 1. The van der Waals surface area contributed by atoms with Crippen molar-refractivity contribution in [1.29, 1.82) is 0 Å². The number of hydrogen-bond acceptors (Lipinski definition) is 11. The first-order valence-electron chi connectivity index (χ1n) is 10.6. The summed E-state index contributed by atoms with van der Waals surface area (Å²) in [5.41, 5.74) is 1.75. The molecule has 4 rings (SSSR count). The van der Waals surface area contributed by atoms with E-state index in [4.69, 9.17) is 23.3 Å². The maximum atomic E-state index is 13.6. The SMILES string of the molecule is CN(C)[C@@H]1C(=O)C(C(N)=O)=C(O)[C@@]2(O)C(=O)C3=C(O)c4c(ccc(C=O)c4O)C[C@H]3C[C@@H]12.O=S(=O)(O)O. The third kappa shape index (κ3) is 4.51. The Kier molecular flexibility index (Phi) is 7.06. The number of phenols is 1. The minimum atomic E-state index is -4.67. The number of carbonyl (C=O) groups is 4. The van der Waals surface area contributed by atoms with Gasteiger partial charge in [-0.05, 0) is 44.5 Å². The van der Waals surface area contributed by atoms with Crippen LogP contribution in [0.15, 0.2) is 29.0 Å². The molecular weight excluding hydrogens is 516 g/mol. The molecule has 200 valence electrons. The first-order chi connectivity index (χ1) is 17.0. The van der Waals surface area contributed by atoms with Gasteiger partial charge in [-0.3, -0.25) is 33.2 Å². The molecule has 0 spiro atoms. The highest BCUT2D eigenvalue weighted by Gasteiger charge is 2.64. The number of benzene rings is 1. The van der Waals surface area contributed by atoms with Crippen molar-refractivity contribution in [1.82, 2.24) is 4.90 Å². The van der Waals surface area contributed by atoms with Crippen LogP contribution in [-0.2, 0) is 31.2 Å². The zero-order valence-corrected chi connectivity index (χ0v) is 20.3. The van der Waals surface area contributed by atoms with Crippen LogP contribution in [0.5, 0.6) is 5.75 Å². The Morgan fingerprint density at radius 1 is 1.16 bits per heavy atom. The van der Waals surface area contributed by atoms with E-state index in [9.17, 15) is 39.6 Å². The summed E-state index contributed by atoms with van der Waals surface area (Å²) >= 11 is 0. The van der Waals surface area contributed by atoms with Crippen LogP contribution in [0, 0.1) is 11.8 Å². The van der Waals surface area contributed by atoms with Gasteiger partial charge < -0.3 is 26.2 Å². The van der Waals surface area contributed by atoms with Crippen LogP contribution in [0.3, 0.4) is 0 Å². The van der Waals surface area contributed by atoms with Gasteiger partial charge in [-0.1, -0.05) is 6.07 Å². The maximum absolute atomic E-state index is 13.6. The average Bonchev–Trinajstić information content (AvgIpc) is 2.75. The normalized spacial score (nSPS) is 27.1. The predicted molar refractivity (Wildman–Crippen MR) is 124 cm³/mol. The Labute approximate surface area is 209 Å². The highest BCUT2D eigenvalue weighted by molar-refractivity contribution is 7.79. The van der Waals surface area contributed by atoms with Crippen molar-refractivity contribution in [3.63, 3.8) is 0 Å². The van der Waals surface area contributed by atoms with E-state index in [1.54, 1.807) is 6.07 Å². The third-order valence-corrected chi connectivity index (χ3v) is 6.75. The number of nitrogens with zero attached hydrogens (tertiary/aromatic N) is 1. The lowest BCUT2D eigenvalue weighted by atomic mass is 9.57. The molecular formula is C22H24N2O12S. The van der Waals surface area contributed by atoms with Crippen molar-refractivity contribution >= 4 is 39.9 Å². The Bertz CT molecular complexity index is 1390.